The first-order chi connectivity index (χ1) is 6.93. The molecule has 4 nitrogen and oxygen atoms in total. The fourth-order valence-electron chi connectivity index (χ4n) is 2.26. The smallest absolute Gasteiger partial charge is 0.281 e. The van der Waals surface area contributed by atoms with Crippen molar-refractivity contribution in [1.29, 1.82) is 0 Å². The van der Waals surface area contributed by atoms with Crippen LogP contribution >= 0.6 is 0 Å². The molecule has 1 rings (SSSR count). The monoisotopic (exact) mass is 235 g/mol. The fourth-order valence-corrected chi connectivity index (χ4v) is 3.05. The lowest BCUT2D eigenvalue weighted by Crippen LogP contribution is -2.44. The molecule has 0 aromatic carbocycles. The normalized spacial score (nSPS) is 30.1. The van der Waals surface area contributed by atoms with Crippen LogP contribution in [-0.2, 0) is 10.1 Å². The molecule has 0 radical (unpaired) electrons. The molecule has 0 saturated heterocycles. The Kier molecular flexibility index (Phi) is 4.55. The van der Waals surface area contributed by atoms with Gasteiger partial charge in [0.05, 0.1) is 0 Å². The summed E-state index contributed by atoms with van der Waals surface area (Å²) in [5, 5.41) is 2.24. The van der Waals surface area contributed by atoms with Crippen molar-refractivity contribution in [1.82, 2.24) is 5.32 Å². The van der Waals surface area contributed by atoms with Crippen molar-refractivity contribution < 1.29 is 13.0 Å². The molecule has 3 unspecified atom stereocenters. The summed E-state index contributed by atoms with van der Waals surface area (Å²) >= 11 is 0. The second-order valence-corrected chi connectivity index (χ2v) is 6.15. The molecule has 1 aliphatic rings. The molecule has 0 bridgehead atoms. The largest absolute Gasteiger partial charge is 0.296 e. The van der Waals surface area contributed by atoms with Crippen molar-refractivity contribution in [2.45, 2.75) is 57.4 Å². The summed E-state index contributed by atoms with van der Waals surface area (Å²) in [6, 6.07) is 0.237. The molecule has 1 fully saturated rings. The van der Waals surface area contributed by atoms with E-state index in [4.69, 9.17) is 4.55 Å². The van der Waals surface area contributed by atoms with Gasteiger partial charge >= 0.3 is 0 Å². The van der Waals surface area contributed by atoms with Crippen LogP contribution in [0.4, 0.5) is 0 Å². The van der Waals surface area contributed by atoms with Gasteiger partial charge in [0.1, 0.15) is 5.37 Å². The molecule has 15 heavy (non-hydrogen) atoms. The van der Waals surface area contributed by atoms with E-state index in [2.05, 4.69) is 12.2 Å². The highest BCUT2D eigenvalue weighted by Gasteiger charge is 2.26. The van der Waals surface area contributed by atoms with Crippen molar-refractivity contribution in [2.75, 3.05) is 0 Å². The van der Waals surface area contributed by atoms with Crippen LogP contribution < -0.4 is 5.32 Å². The Balaban J connectivity index is 2.52. The molecule has 5 heteroatoms. The summed E-state index contributed by atoms with van der Waals surface area (Å²) in [7, 11) is -3.94. The van der Waals surface area contributed by atoms with Crippen LogP contribution in [0.2, 0.25) is 0 Å². The molecule has 2 N–H and O–H groups in total. The summed E-state index contributed by atoms with van der Waals surface area (Å²) in [6.45, 7) is 3.94. The first-order valence-corrected chi connectivity index (χ1v) is 7.16. The number of rotatable bonds is 4. The van der Waals surface area contributed by atoms with Crippen molar-refractivity contribution in [3.05, 3.63) is 0 Å². The molecule has 0 aliphatic heterocycles. The Morgan fingerprint density at radius 3 is 2.60 bits per heavy atom. The molecule has 0 heterocycles. The summed E-state index contributed by atoms with van der Waals surface area (Å²) < 4.78 is 31.0. The zero-order valence-corrected chi connectivity index (χ0v) is 10.3. The van der Waals surface area contributed by atoms with Crippen molar-refractivity contribution in [3.8, 4) is 0 Å². The highest BCUT2D eigenvalue weighted by molar-refractivity contribution is 7.86. The van der Waals surface area contributed by atoms with Gasteiger partial charge in [-0.05, 0) is 25.2 Å². The molecular formula is C10H21NO3S. The Bertz CT molecular complexity index is 289. The lowest BCUT2D eigenvalue weighted by Gasteiger charge is -2.30. The van der Waals surface area contributed by atoms with Crippen LogP contribution in [0.15, 0.2) is 0 Å². The minimum atomic E-state index is -3.94. The van der Waals surface area contributed by atoms with Crippen LogP contribution in [0.1, 0.15) is 46.0 Å². The number of nitrogens with one attached hydrogen (secondary N) is 1. The second-order valence-electron chi connectivity index (χ2n) is 4.55. The van der Waals surface area contributed by atoms with Gasteiger partial charge in [-0.25, -0.2) is 0 Å². The van der Waals surface area contributed by atoms with E-state index in [0.717, 1.165) is 19.3 Å². The van der Waals surface area contributed by atoms with E-state index in [1.807, 2.05) is 0 Å². The van der Waals surface area contributed by atoms with Crippen LogP contribution in [-0.4, -0.2) is 24.4 Å². The third-order valence-electron chi connectivity index (χ3n) is 3.09. The quantitative estimate of drug-likeness (QED) is 0.729. The van der Waals surface area contributed by atoms with Gasteiger partial charge in [0.25, 0.3) is 10.1 Å². The first kappa shape index (κ1) is 12.9. The van der Waals surface area contributed by atoms with E-state index in [-0.39, 0.29) is 6.04 Å². The van der Waals surface area contributed by atoms with E-state index in [9.17, 15) is 8.42 Å². The summed E-state index contributed by atoms with van der Waals surface area (Å²) in [6.07, 6.45) is 4.79. The number of hydrogen-bond donors (Lipinski definition) is 2. The van der Waals surface area contributed by atoms with Crippen LogP contribution in [0.3, 0.4) is 0 Å². The lowest BCUT2D eigenvalue weighted by molar-refractivity contribution is 0.289. The molecule has 90 valence electrons. The van der Waals surface area contributed by atoms with Crippen LogP contribution in [0.25, 0.3) is 0 Å². The predicted molar refractivity (Wildman–Crippen MR) is 60.2 cm³/mol. The van der Waals surface area contributed by atoms with Gasteiger partial charge in [0, 0.05) is 6.04 Å². The second kappa shape index (κ2) is 5.27. The van der Waals surface area contributed by atoms with Crippen LogP contribution in [0.5, 0.6) is 0 Å². The van der Waals surface area contributed by atoms with Gasteiger partial charge in [0.15, 0.2) is 0 Å². The maximum atomic E-state index is 11.0. The Morgan fingerprint density at radius 2 is 2.13 bits per heavy atom. The Morgan fingerprint density at radius 1 is 1.47 bits per heavy atom. The van der Waals surface area contributed by atoms with Gasteiger partial charge < -0.3 is 0 Å². The maximum absolute atomic E-state index is 11.0. The molecule has 0 amide bonds. The minimum Gasteiger partial charge on any atom is -0.296 e. The van der Waals surface area contributed by atoms with E-state index in [1.165, 1.54) is 6.42 Å². The van der Waals surface area contributed by atoms with E-state index >= 15 is 0 Å². The minimum absolute atomic E-state index is 0.237. The van der Waals surface area contributed by atoms with Crippen LogP contribution in [0, 0.1) is 5.92 Å². The van der Waals surface area contributed by atoms with Gasteiger partial charge in [-0.3, -0.25) is 9.87 Å². The lowest BCUT2D eigenvalue weighted by atomic mass is 9.87. The standard InChI is InChI=1S/C10H21NO3S/c1-3-10(15(12,13)14)11-9-6-4-5-8(2)7-9/h8-11H,3-7H2,1-2H3,(H,12,13,14). The summed E-state index contributed by atoms with van der Waals surface area (Å²) in [5.74, 6) is 0.648. The van der Waals surface area contributed by atoms with E-state index in [0.29, 0.717) is 12.3 Å². The van der Waals surface area contributed by atoms with Crippen molar-refractivity contribution >= 4 is 10.1 Å². The Labute approximate surface area is 92.2 Å². The number of hydrogen-bond acceptors (Lipinski definition) is 3. The van der Waals surface area contributed by atoms with Crippen molar-refractivity contribution in [2.24, 2.45) is 5.92 Å². The van der Waals surface area contributed by atoms with Gasteiger partial charge in [-0.15, -0.1) is 0 Å². The average molecular weight is 235 g/mol. The molecule has 0 aromatic rings. The zero-order valence-electron chi connectivity index (χ0n) is 9.44. The highest BCUT2D eigenvalue weighted by Crippen LogP contribution is 2.24. The molecule has 3 atom stereocenters. The van der Waals surface area contributed by atoms with Gasteiger partial charge in [-0.1, -0.05) is 26.7 Å². The summed E-state index contributed by atoms with van der Waals surface area (Å²) in [4.78, 5) is 0. The van der Waals surface area contributed by atoms with Gasteiger partial charge in [0.2, 0.25) is 0 Å². The fraction of sp³-hybridized carbons (Fsp3) is 1.00. The molecule has 1 aliphatic carbocycles. The molecule has 0 aromatic heterocycles. The van der Waals surface area contributed by atoms with E-state index < -0.39 is 15.5 Å². The topological polar surface area (TPSA) is 66.4 Å². The SMILES string of the molecule is CCC(NC1CCCC(C)C1)S(=O)(=O)O. The predicted octanol–water partition coefficient (Wildman–Crippen LogP) is 1.78. The zero-order chi connectivity index (χ0) is 11.5. The molecule has 0 spiro atoms. The van der Waals surface area contributed by atoms with Gasteiger partial charge in [-0.2, -0.15) is 8.42 Å². The molecule has 1 saturated carbocycles. The first-order valence-electron chi connectivity index (χ1n) is 5.65. The Hall–Kier alpha value is -0.130. The van der Waals surface area contributed by atoms with Crippen molar-refractivity contribution in [3.63, 3.8) is 0 Å². The third-order valence-corrected chi connectivity index (χ3v) is 4.28. The molecular weight excluding hydrogens is 214 g/mol. The maximum Gasteiger partial charge on any atom is 0.281 e. The van der Waals surface area contributed by atoms with E-state index in [1.54, 1.807) is 6.92 Å². The highest BCUT2D eigenvalue weighted by atomic mass is 32.2. The average Bonchev–Trinajstić information content (AvgIpc) is 2.12. The summed E-state index contributed by atoms with van der Waals surface area (Å²) in [5.41, 5.74) is 0. The third kappa shape index (κ3) is 4.09.